The van der Waals surface area contributed by atoms with Gasteiger partial charge in [-0.1, -0.05) is 0 Å². The fourth-order valence-corrected chi connectivity index (χ4v) is 3.16. The van der Waals surface area contributed by atoms with Gasteiger partial charge in [-0.25, -0.2) is 18.6 Å². The summed E-state index contributed by atoms with van der Waals surface area (Å²) in [7, 11) is 0. The van der Waals surface area contributed by atoms with E-state index in [9.17, 15) is 19.1 Å². The van der Waals surface area contributed by atoms with Crippen LogP contribution in [0.15, 0.2) is 23.6 Å². The number of anilines is 2. The highest BCUT2D eigenvalue weighted by Crippen LogP contribution is 2.40. The number of aromatic nitrogens is 4. The molecule has 146 valence electrons. The zero-order chi connectivity index (χ0) is 20.0. The van der Waals surface area contributed by atoms with Crippen LogP contribution in [0.1, 0.15) is 29.2 Å². The smallest absolute Gasteiger partial charge is 0.341 e. The zero-order valence-corrected chi connectivity index (χ0v) is 14.5. The number of rotatable bonds is 6. The molecule has 0 atom stereocenters. The van der Waals surface area contributed by atoms with E-state index in [4.69, 9.17) is 5.73 Å². The first-order valence-corrected chi connectivity index (χ1v) is 8.55. The Balaban J connectivity index is 1.86. The lowest BCUT2D eigenvalue weighted by Gasteiger charge is -2.18. The van der Waals surface area contributed by atoms with Crippen LogP contribution in [0.5, 0.6) is 0 Å². The average molecular weight is 390 g/mol. The molecule has 0 unspecified atom stereocenters. The zero-order valence-electron chi connectivity index (χ0n) is 14.5. The first kappa shape index (κ1) is 17.9. The van der Waals surface area contributed by atoms with Gasteiger partial charge in [0.1, 0.15) is 23.9 Å². The minimum Gasteiger partial charge on any atom is -0.477 e. The Morgan fingerprint density at radius 1 is 1.36 bits per heavy atom. The third-order valence-electron chi connectivity index (χ3n) is 4.67. The molecule has 11 heteroatoms. The summed E-state index contributed by atoms with van der Waals surface area (Å²) in [5, 5.41) is 15.4. The van der Waals surface area contributed by atoms with Crippen LogP contribution in [0.2, 0.25) is 0 Å². The summed E-state index contributed by atoms with van der Waals surface area (Å²) in [4.78, 5) is 27.7. The SMILES string of the molecule is Nc1c(F)c(NCCn2cncn2)c(F)c2c1c(=O)c(C(=O)O)cn2C1CC1. The molecule has 0 spiro atoms. The number of carboxylic acid groups (broad SMARTS) is 1. The molecule has 3 aromatic rings. The van der Waals surface area contributed by atoms with Crippen molar-refractivity contribution in [2.75, 3.05) is 17.6 Å². The van der Waals surface area contributed by atoms with Crippen LogP contribution >= 0.6 is 0 Å². The van der Waals surface area contributed by atoms with E-state index in [0.29, 0.717) is 19.4 Å². The number of carboxylic acids is 1. The summed E-state index contributed by atoms with van der Waals surface area (Å²) in [5.74, 6) is -3.59. The van der Waals surface area contributed by atoms with Crippen LogP contribution in [-0.4, -0.2) is 37.0 Å². The maximum Gasteiger partial charge on any atom is 0.341 e. The first-order valence-electron chi connectivity index (χ1n) is 8.55. The number of hydrogen-bond donors (Lipinski definition) is 3. The molecule has 1 saturated carbocycles. The van der Waals surface area contributed by atoms with Gasteiger partial charge in [-0.05, 0) is 12.8 Å². The number of halogens is 2. The Morgan fingerprint density at radius 2 is 2.11 bits per heavy atom. The molecule has 28 heavy (non-hydrogen) atoms. The van der Waals surface area contributed by atoms with Crippen LogP contribution in [0, 0.1) is 11.6 Å². The minimum atomic E-state index is -1.48. The van der Waals surface area contributed by atoms with Gasteiger partial charge in [0.05, 0.1) is 23.1 Å². The van der Waals surface area contributed by atoms with Crippen molar-refractivity contribution in [3.05, 3.63) is 46.3 Å². The molecular weight excluding hydrogens is 374 g/mol. The standard InChI is InChI=1S/C17H16F2N6O3/c18-11-13(20)10-15(12(19)14(11)22-3-4-24-7-21-6-23-24)25(8-1-2-8)5-9(16(10)26)17(27)28/h5-8,22H,1-4,20H2,(H,27,28). The van der Waals surface area contributed by atoms with Crippen molar-refractivity contribution in [3.8, 4) is 0 Å². The van der Waals surface area contributed by atoms with Gasteiger partial charge in [-0.15, -0.1) is 0 Å². The summed E-state index contributed by atoms with van der Waals surface area (Å²) >= 11 is 0. The molecule has 0 saturated heterocycles. The van der Waals surface area contributed by atoms with Gasteiger partial charge in [0.15, 0.2) is 11.6 Å². The van der Waals surface area contributed by atoms with Crippen LogP contribution in [0.4, 0.5) is 20.2 Å². The Kier molecular flexibility index (Phi) is 4.21. The molecule has 1 aliphatic rings. The van der Waals surface area contributed by atoms with Crippen molar-refractivity contribution in [1.29, 1.82) is 0 Å². The lowest BCUT2D eigenvalue weighted by atomic mass is 10.1. The van der Waals surface area contributed by atoms with Gasteiger partial charge >= 0.3 is 5.97 Å². The summed E-state index contributed by atoms with van der Waals surface area (Å²) in [6.45, 7) is 0.424. The maximum absolute atomic E-state index is 15.2. The van der Waals surface area contributed by atoms with E-state index in [2.05, 4.69) is 15.4 Å². The van der Waals surface area contributed by atoms with Crippen molar-refractivity contribution in [2.24, 2.45) is 0 Å². The third kappa shape index (κ3) is 2.84. The third-order valence-corrected chi connectivity index (χ3v) is 4.67. The number of benzene rings is 1. The highest BCUT2D eigenvalue weighted by Gasteiger charge is 2.31. The Hall–Kier alpha value is -3.50. The molecule has 0 radical (unpaired) electrons. The number of nitrogens with zero attached hydrogens (tertiary/aromatic N) is 4. The highest BCUT2D eigenvalue weighted by molar-refractivity contribution is 5.99. The van der Waals surface area contributed by atoms with E-state index in [-0.39, 0.29) is 18.1 Å². The number of carbonyl (C=O) groups is 1. The van der Waals surface area contributed by atoms with E-state index in [1.807, 2.05) is 0 Å². The monoisotopic (exact) mass is 390 g/mol. The normalized spacial score (nSPS) is 13.8. The average Bonchev–Trinajstić information content (AvgIpc) is 3.37. The molecule has 1 aliphatic carbocycles. The minimum absolute atomic E-state index is 0.128. The number of aromatic carboxylic acids is 1. The van der Waals surface area contributed by atoms with Crippen molar-refractivity contribution < 1.29 is 18.7 Å². The summed E-state index contributed by atoms with van der Waals surface area (Å²) in [6, 6.07) is -0.163. The number of nitrogens with two attached hydrogens (primary N) is 1. The quantitative estimate of drug-likeness (QED) is 0.545. The van der Waals surface area contributed by atoms with Crippen molar-refractivity contribution in [2.45, 2.75) is 25.4 Å². The molecule has 4 rings (SSSR count). The molecule has 0 bridgehead atoms. The van der Waals surface area contributed by atoms with Crippen molar-refractivity contribution in [1.82, 2.24) is 19.3 Å². The molecule has 4 N–H and O–H groups in total. The van der Waals surface area contributed by atoms with E-state index >= 15 is 4.39 Å². The fraction of sp³-hybridized carbons (Fsp3) is 0.294. The number of hydrogen-bond acceptors (Lipinski definition) is 6. The van der Waals surface area contributed by atoms with Gasteiger partial charge in [-0.2, -0.15) is 5.10 Å². The second-order valence-corrected chi connectivity index (χ2v) is 6.54. The van der Waals surface area contributed by atoms with Gasteiger partial charge in [-0.3, -0.25) is 9.48 Å². The van der Waals surface area contributed by atoms with Crippen LogP contribution in [-0.2, 0) is 6.54 Å². The van der Waals surface area contributed by atoms with Crippen molar-refractivity contribution >= 4 is 28.2 Å². The summed E-state index contributed by atoms with van der Waals surface area (Å²) in [6.07, 6.45) is 5.29. The molecule has 2 aromatic heterocycles. The van der Waals surface area contributed by atoms with E-state index in [1.165, 1.54) is 21.9 Å². The molecule has 2 heterocycles. The Morgan fingerprint density at radius 3 is 2.71 bits per heavy atom. The van der Waals surface area contributed by atoms with Gasteiger partial charge in [0, 0.05) is 18.8 Å². The predicted molar refractivity (Wildman–Crippen MR) is 96.3 cm³/mol. The number of nitrogen functional groups attached to an aromatic ring is 1. The fourth-order valence-electron chi connectivity index (χ4n) is 3.16. The lowest BCUT2D eigenvalue weighted by molar-refractivity contribution is 0.0695. The second kappa shape index (κ2) is 6.59. The van der Waals surface area contributed by atoms with E-state index in [0.717, 1.165) is 6.20 Å². The Bertz CT molecular complexity index is 1140. The number of nitrogens with one attached hydrogen (secondary N) is 1. The number of pyridine rings is 1. The molecule has 0 amide bonds. The highest BCUT2D eigenvalue weighted by atomic mass is 19.1. The molecule has 0 aliphatic heterocycles. The van der Waals surface area contributed by atoms with E-state index < -0.39 is 45.4 Å². The second-order valence-electron chi connectivity index (χ2n) is 6.54. The van der Waals surface area contributed by atoms with Crippen LogP contribution < -0.4 is 16.5 Å². The van der Waals surface area contributed by atoms with Crippen LogP contribution in [0.25, 0.3) is 10.9 Å². The predicted octanol–water partition coefficient (Wildman–Crippen LogP) is 1.60. The van der Waals surface area contributed by atoms with Crippen LogP contribution in [0.3, 0.4) is 0 Å². The lowest BCUT2D eigenvalue weighted by Crippen LogP contribution is -2.22. The van der Waals surface area contributed by atoms with Crippen molar-refractivity contribution in [3.63, 3.8) is 0 Å². The topological polar surface area (TPSA) is 128 Å². The molecular formula is C17H16F2N6O3. The van der Waals surface area contributed by atoms with E-state index in [1.54, 1.807) is 0 Å². The van der Waals surface area contributed by atoms with Gasteiger partial charge in [0.2, 0.25) is 5.43 Å². The largest absolute Gasteiger partial charge is 0.477 e. The first-order chi connectivity index (χ1) is 13.4. The van der Waals surface area contributed by atoms with Gasteiger partial charge < -0.3 is 20.7 Å². The summed E-state index contributed by atoms with van der Waals surface area (Å²) < 4.78 is 32.8. The molecule has 1 fully saturated rings. The van der Waals surface area contributed by atoms with Gasteiger partial charge in [0.25, 0.3) is 0 Å². The Labute approximate surface area is 156 Å². The summed E-state index contributed by atoms with van der Waals surface area (Å²) in [5.41, 5.74) is 2.97. The molecule has 9 nitrogen and oxygen atoms in total. The maximum atomic E-state index is 15.2. The number of fused-ring (bicyclic) bond motifs is 1. The molecule has 1 aromatic carbocycles.